The third kappa shape index (κ3) is 5.79. The van der Waals surface area contributed by atoms with Gasteiger partial charge in [-0.05, 0) is 94.6 Å². The summed E-state index contributed by atoms with van der Waals surface area (Å²) in [5, 5.41) is 7.36. The van der Waals surface area contributed by atoms with Crippen LogP contribution in [0.25, 0.3) is 82.5 Å². The minimum absolute atomic E-state index is 0.00919. The van der Waals surface area contributed by atoms with Gasteiger partial charge in [0.1, 0.15) is 11.5 Å². The second-order valence-corrected chi connectivity index (χ2v) is 19.8. The number of aromatic nitrogens is 3. The zero-order chi connectivity index (χ0) is 45.9. The van der Waals surface area contributed by atoms with E-state index in [-0.39, 0.29) is 5.92 Å². The second kappa shape index (κ2) is 15.4. The van der Waals surface area contributed by atoms with E-state index in [1.807, 2.05) is 0 Å². The molecule has 0 N–H and O–H groups in total. The van der Waals surface area contributed by atoms with E-state index in [0.717, 1.165) is 34.1 Å². The third-order valence-electron chi connectivity index (χ3n) is 14.8. The molecule has 1 atom stereocenters. The first kappa shape index (κ1) is 40.5. The van der Waals surface area contributed by atoms with Crippen LogP contribution in [0.3, 0.4) is 0 Å². The van der Waals surface area contributed by atoms with Gasteiger partial charge in [-0.15, -0.1) is 0 Å². The fourth-order valence-electron chi connectivity index (χ4n) is 11.9. The van der Waals surface area contributed by atoms with Crippen molar-refractivity contribution in [2.24, 2.45) is 0 Å². The highest BCUT2D eigenvalue weighted by Gasteiger charge is 2.35. The van der Waals surface area contributed by atoms with Crippen LogP contribution < -0.4 is 4.74 Å². The van der Waals surface area contributed by atoms with Gasteiger partial charge in [0.2, 0.25) is 0 Å². The van der Waals surface area contributed by atoms with Crippen LogP contribution in [0.15, 0.2) is 188 Å². The first-order valence-electron chi connectivity index (χ1n) is 24.4. The Hall–Kier alpha value is -7.82. The van der Waals surface area contributed by atoms with Gasteiger partial charge in [-0.1, -0.05) is 169 Å². The van der Waals surface area contributed by atoms with E-state index >= 15 is 0 Å². The van der Waals surface area contributed by atoms with Gasteiger partial charge in [0, 0.05) is 72.5 Å². The summed E-state index contributed by atoms with van der Waals surface area (Å²) < 4.78 is 14.7. The molecular formula is C64H53N3O. The minimum atomic E-state index is 0.00919. The van der Waals surface area contributed by atoms with Gasteiger partial charge in [-0.3, -0.25) is 0 Å². The molecule has 68 heavy (non-hydrogen) atoms. The maximum Gasteiger partial charge on any atom is 0.133 e. The summed E-state index contributed by atoms with van der Waals surface area (Å²) >= 11 is 0. The Labute approximate surface area is 397 Å². The Morgan fingerprint density at radius 2 is 0.779 bits per heavy atom. The Morgan fingerprint density at radius 1 is 0.368 bits per heavy atom. The third-order valence-corrected chi connectivity index (χ3v) is 14.8. The van der Waals surface area contributed by atoms with Crippen molar-refractivity contribution in [3.05, 3.63) is 221 Å². The van der Waals surface area contributed by atoms with Crippen molar-refractivity contribution in [3.63, 3.8) is 0 Å². The highest BCUT2D eigenvalue weighted by molar-refractivity contribution is 6.40. The van der Waals surface area contributed by atoms with Crippen LogP contribution >= 0.6 is 0 Å². The van der Waals surface area contributed by atoms with Gasteiger partial charge in [0.15, 0.2) is 0 Å². The smallest absolute Gasteiger partial charge is 0.133 e. The molecule has 9 aromatic carbocycles. The summed E-state index contributed by atoms with van der Waals surface area (Å²) in [5.41, 5.74) is 18.5. The summed E-state index contributed by atoms with van der Waals surface area (Å²) in [6.07, 6.45) is 0. The van der Waals surface area contributed by atoms with Crippen LogP contribution in [0, 0.1) is 0 Å². The van der Waals surface area contributed by atoms with Gasteiger partial charge in [0.05, 0.1) is 33.1 Å². The molecule has 1 aliphatic heterocycles. The number of ether oxygens (including phenoxy) is 1. The summed E-state index contributed by atoms with van der Waals surface area (Å²) in [7, 11) is 0. The highest BCUT2D eigenvalue weighted by Crippen LogP contribution is 2.54. The maximum absolute atomic E-state index is 7.14. The Kier molecular flexibility index (Phi) is 9.14. The second-order valence-electron chi connectivity index (χ2n) is 19.8. The predicted octanol–water partition coefficient (Wildman–Crippen LogP) is 17.6. The predicted molar refractivity (Wildman–Crippen MR) is 286 cm³/mol. The van der Waals surface area contributed by atoms with Crippen molar-refractivity contribution in [3.8, 4) is 28.6 Å². The summed E-state index contributed by atoms with van der Waals surface area (Å²) in [5.74, 6) is 2.96. The molecule has 3 aromatic heterocycles. The molecule has 1 unspecified atom stereocenters. The maximum atomic E-state index is 7.14. The summed E-state index contributed by atoms with van der Waals surface area (Å²) in [6.45, 7) is 14.1. The van der Waals surface area contributed by atoms with Gasteiger partial charge in [0.25, 0.3) is 0 Å². The first-order chi connectivity index (χ1) is 33.3. The Bertz CT molecular complexity index is 3870. The lowest BCUT2D eigenvalue weighted by atomic mass is 9.73. The summed E-state index contributed by atoms with van der Waals surface area (Å²) in [4.78, 5) is 0. The number of hydrogen-bond acceptors (Lipinski definition) is 1. The standard InChI is InChI=1S/C64H53N3O/c1-38(2)41-35-50(39(3)4)58(51(36-41)40(5)6)57-48-28-16-20-32-55(48)68-56-37-44(33-34-49(56)57)67-54-31-19-15-27-47(54)61-63-59(45-25-13-17-29-52(45)65(63)42-21-9-7-10-22-42)62-60(64(61)67)46-26-14-18-30-53(46)66(62)43-23-11-8-12-24-43/h7-40,57H,1-6H3. The molecule has 0 fully saturated rings. The van der Waals surface area contributed by atoms with E-state index in [1.54, 1.807) is 0 Å². The number of hydrogen-bond donors (Lipinski definition) is 0. The van der Waals surface area contributed by atoms with E-state index < -0.39 is 0 Å². The molecule has 0 aliphatic carbocycles. The average Bonchev–Trinajstić information content (AvgIpc) is 4.01. The van der Waals surface area contributed by atoms with E-state index in [1.165, 1.54) is 93.3 Å². The van der Waals surface area contributed by atoms with E-state index in [0.29, 0.717) is 17.8 Å². The van der Waals surface area contributed by atoms with Crippen molar-refractivity contribution in [2.75, 3.05) is 0 Å². The highest BCUT2D eigenvalue weighted by atomic mass is 16.5. The van der Waals surface area contributed by atoms with Crippen molar-refractivity contribution in [1.29, 1.82) is 0 Å². The van der Waals surface area contributed by atoms with Crippen molar-refractivity contribution >= 4 is 65.4 Å². The van der Waals surface area contributed by atoms with Gasteiger partial charge >= 0.3 is 0 Å². The monoisotopic (exact) mass is 879 g/mol. The fourth-order valence-corrected chi connectivity index (χ4v) is 11.9. The SMILES string of the molecule is CC(C)c1cc(C(C)C)c(C2c3ccccc3Oc3cc(-n4c5ccccc5c5c6c(c7ccccc7n6-c6ccccc6)c6c(c7ccccc7n6-c6ccccc6)c54)ccc32)c(C(C)C)c1. The largest absolute Gasteiger partial charge is 0.457 e. The molecule has 330 valence electrons. The van der Waals surface area contributed by atoms with Gasteiger partial charge < -0.3 is 18.4 Å². The number of fused-ring (bicyclic) bond motifs is 14. The van der Waals surface area contributed by atoms with Crippen LogP contribution in [-0.2, 0) is 0 Å². The van der Waals surface area contributed by atoms with Crippen molar-refractivity contribution in [1.82, 2.24) is 13.7 Å². The lowest BCUT2D eigenvalue weighted by Gasteiger charge is -2.34. The molecule has 4 heteroatoms. The van der Waals surface area contributed by atoms with Crippen molar-refractivity contribution in [2.45, 2.75) is 65.2 Å². The van der Waals surface area contributed by atoms with Crippen LogP contribution in [0.5, 0.6) is 11.5 Å². The average molecular weight is 880 g/mol. The van der Waals surface area contributed by atoms with Crippen LogP contribution in [0.4, 0.5) is 0 Å². The van der Waals surface area contributed by atoms with E-state index in [4.69, 9.17) is 4.74 Å². The summed E-state index contributed by atoms with van der Waals surface area (Å²) in [6, 6.07) is 69.6. The molecule has 13 rings (SSSR count). The molecule has 0 radical (unpaired) electrons. The van der Waals surface area contributed by atoms with Crippen LogP contribution in [0.2, 0.25) is 0 Å². The van der Waals surface area contributed by atoms with Gasteiger partial charge in [-0.25, -0.2) is 0 Å². The molecule has 12 aromatic rings. The molecular weight excluding hydrogens is 827 g/mol. The fraction of sp³-hybridized carbons (Fsp3) is 0.156. The normalized spacial score (nSPS) is 13.8. The Morgan fingerprint density at radius 3 is 1.25 bits per heavy atom. The van der Waals surface area contributed by atoms with Gasteiger partial charge in [-0.2, -0.15) is 0 Å². The molecule has 0 bridgehead atoms. The Balaban J connectivity index is 1.19. The first-order valence-corrected chi connectivity index (χ1v) is 24.4. The zero-order valence-electron chi connectivity index (χ0n) is 39.5. The molecule has 4 heterocycles. The van der Waals surface area contributed by atoms with Crippen molar-refractivity contribution < 1.29 is 4.74 Å². The van der Waals surface area contributed by atoms with Crippen LogP contribution in [-0.4, -0.2) is 13.7 Å². The number of nitrogens with zero attached hydrogens (tertiary/aromatic N) is 3. The van der Waals surface area contributed by atoms with E-state index in [2.05, 4.69) is 243 Å². The molecule has 0 saturated carbocycles. The molecule has 1 aliphatic rings. The molecule has 0 amide bonds. The number of rotatable bonds is 7. The van der Waals surface area contributed by atoms with Crippen LogP contribution in [0.1, 0.15) is 98.6 Å². The topological polar surface area (TPSA) is 24.0 Å². The minimum Gasteiger partial charge on any atom is -0.457 e. The molecule has 0 saturated heterocycles. The van der Waals surface area contributed by atoms with E-state index in [9.17, 15) is 0 Å². The zero-order valence-corrected chi connectivity index (χ0v) is 39.5. The number of benzene rings is 9. The lowest BCUT2D eigenvalue weighted by molar-refractivity contribution is 0.451. The number of para-hydroxylation sites is 6. The molecule has 0 spiro atoms. The lowest BCUT2D eigenvalue weighted by Crippen LogP contribution is -2.17. The molecule has 4 nitrogen and oxygen atoms in total. The quantitative estimate of drug-likeness (QED) is 0.156.